The molecular formula is C8H4BrFN2O2. The zero-order chi connectivity index (χ0) is 10.7. The van der Waals surface area contributed by atoms with Gasteiger partial charge in [0.1, 0.15) is 0 Å². The Kier molecular flexibility index (Phi) is 3.14. The van der Waals surface area contributed by atoms with E-state index in [0.717, 1.165) is 6.07 Å². The molecule has 0 aliphatic heterocycles. The lowest BCUT2D eigenvalue weighted by Crippen LogP contribution is -1.95. The first-order valence-corrected chi connectivity index (χ1v) is 4.35. The maximum atomic E-state index is 13.1. The van der Waals surface area contributed by atoms with E-state index in [0.29, 0.717) is 5.56 Å². The van der Waals surface area contributed by atoms with E-state index in [1.807, 2.05) is 6.07 Å². The summed E-state index contributed by atoms with van der Waals surface area (Å²) in [6.07, 6.45) is 0.0136. The van der Waals surface area contributed by atoms with Crippen molar-refractivity contribution in [3.63, 3.8) is 0 Å². The van der Waals surface area contributed by atoms with Crippen LogP contribution in [0.4, 0.5) is 10.1 Å². The van der Waals surface area contributed by atoms with Crippen LogP contribution in [0.1, 0.15) is 5.56 Å². The largest absolute Gasteiger partial charge is 0.306 e. The summed E-state index contributed by atoms with van der Waals surface area (Å²) >= 11 is 2.85. The van der Waals surface area contributed by atoms with Crippen LogP contribution in [0.25, 0.3) is 0 Å². The van der Waals surface area contributed by atoms with Gasteiger partial charge >= 0.3 is 5.69 Å². The van der Waals surface area contributed by atoms with Gasteiger partial charge in [0, 0.05) is 6.07 Å². The average molecular weight is 259 g/mol. The molecular weight excluding hydrogens is 255 g/mol. The van der Waals surface area contributed by atoms with Crippen LogP contribution >= 0.6 is 15.9 Å². The summed E-state index contributed by atoms with van der Waals surface area (Å²) in [7, 11) is 0. The normalized spacial score (nSPS) is 9.50. The molecule has 1 aromatic rings. The molecule has 0 unspecified atom stereocenters. The van der Waals surface area contributed by atoms with E-state index >= 15 is 0 Å². The van der Waals surface area contributed by atoms with Crippen molar-refractivity contribution in [3.05, 3.63) is 38.1 Å². The molecule has 0 bridgehead atoms. The van der Waals surface area contributed by atoms with Crippen LogP contribution in [0.2, 0.25) is 0 Å². The fraction of sp³-hybridized carbons (Fsp3) is 0.125. The number of nitro benzene ring substituents is 1. The Bertz CT molecular complexity index is 428. The molecule has 72 valence electrons. The molecule has 1 rings (SSSR count). The second-order valence-corrected chi connectivity index (χ2v) is 3.36. The van der Waals surface area contributed by atoms with E-state index in [1.165, 1.54) is 6.07 Å². The van der Waals surface area contributed by atoms with Crippen molar-refractivity contribution in [1.29, 1.82) is 5.26 Å². The summed E-state index contributed by atoms with van der Waals surface area (Å²) in [4.78, 5) is 9.57. The second kappa shape index (κ2) is 4.15. The van der Waals surface area contributed by atoms with E-state index in [2.05, 4.69) is 15.9 Å². The molecule has 0 atom stereocenters. The molecule has 0 aromatic heterocycles. The maximum absolute atomic E-state index is 13.1. The minimum Gasteiger partial charge on any atom is -0.258 e. The van der Waals surface area contributed by atoms with Gasteiger partial charge < -0.3 is 0 Å². The van der Waals surface area contributed by atoms with Gasteiger partial charge in [-0.1, -0.05) is 0 Å². The number of halogens is 2. The topological polar surface area (TPSA) is 66.9 Å². The van der Waals surface area contributed by atoms with Gasteiger partial charge in [0.05, 0.1) is 21.9 Å². The van der Waals surface area contributed by atoms with Crippen molar-refractivity contribution >= 4 is 21.6 Å². The molecule has 4 nitrogen and oxygen atoms in total. The quantitative estimate of drug-likeness (QED) is 0.605. The third kappa shape index (κ3) is 2.06. The van der Waals surface area contributed by atoms with Crippen LogP contribution in [0, 0.1) is 27.3 Å². The van der Waals surface area contributed by atoms with Crippen molar-refractivity contribution in [2.24, 2.45) is 0 Å². The maximum Gasteiger partial charge on any atom is 0.306 e. The third-order valence-electron chi connectivity index (χ3n) is 1.55. The predicted molar refractivity (Wildman–Crippen MR) is 50.1 cm³/mol. The summed E-state index contributed by atoms with van der Waals surface area (Å²) in [5, 5.41) is 18.8. The first-order chi connectivity index (χ1) is 6.56. The molecule has 14 heavy (non-hydrogen) atoms. The standard InChI is InChI=1S/C8H4BrFN2O2/c9-6-3-5(1-2-11)4-7(8(6)10)12(13)14/h3-4H,1H2. The predicted octanol–water partition coefficient (Wildman–Crippen LogP) is 2.56. The molecule has 0 aliphatic carbocycles. The van der Waals surface area contributed by atoms with Crippen LogP contribution in [0.15, 0.2) is 16.6 Å². The molecule has 0 fully saturated rings. The first-order valence-electron chi connectivity index (χ1n) is 3.55. The molecule has 0 radical (unpaired) electrons. The number of nitro groups is 1. The van der Waals surface area contributed by atoms with E-state index in [4.69, 9.17) is 5.26 Å². The third-order valence-corrected chi connectivity index (χ3v) is 2.13. The van der Waals surface area contributed by atoms with E-state index in [1.54, 1.807) is 0 Å². The number of rotatable bonds is 2. The fourth-order valence-electron chi connectivity index (χ4n) is 0.955. The summed E-state index contributed by atoms with van der Waals surface area (Å²) < 4.78 is 13.1. The summed E-state index contributed by atoms with van der Waals surface area (Å²) in [6.45, 7) is 0. The van der Waals surface area contributed by atoms with Crippen LogP contribution in [-0.4, -0.2) is 4.92 Å². The van der Waals surface area contributed by atoms with E-state index in [9.17, 15) is 14.5 Å². The lowest BCUT2D eigenvalue weighted by molar-refractivity contribution is -0.387. The zero-order valence-electron chi connectivity index (χ0n) is 6.83. The Balaban J connectivity index is 3.29. The SMILES string of the molecule is N#CCc1cc(Br)c(F)c([N+](=O)[O-])c1. The van der Waals surface area contributed by atoms with Gasteiger partial charge in [0.15, 0.2) is 0 Å². The van der Waals surface area contributed by atoms with Gasteiger partial charge in [-0.25, -0.2) is 0 Å². The Morgan fingerprint density at radius 2 is 2.29 bits per heavy atom. The molecule has 6 heteroatoms. The van der Waals surface area contributed by atoms with Crippen LogP contribution < -0.4 is 0 Å². The smallest absolute Gasteiger partial charge is 0.258 e. The molecule has 0 N–H and O–H groups in total. The van der Waals surface area contributed by atoms with Gasteiger partial charge in [0.25, 0.3) is 0 Å². The number of nitriles is 1. The zero-order valence-corrected chi connectivity index (χ0v) is 8.41. The summed E-state index contributed by atoms with van der Waals surface area (Å²) in [6, 6.07) is 4.24. The van der Waals surface area contributed by atoms with Gasteiger partial charge in [-0.2, -0.15) is 9.65 Å². The molecule has 0 aliphatic rings. The molecule has 0 heterocycles. The Labute approximate surface area is 87.2 Å². The highest BCUT2D eigenvalue weighted by Gasteiger charge is 2.18. The van der Waals surface area contributed by atoms with Gasteiger partial charge in [0.2, 0.25) is 5.82 Å². The Hall–Kier alpha value is -1.48. The van der Waals surface area contributed by atoms with Crippen molar-refractivity contribution < 1.29 is 9.31 Å². The van der Waals surface area contributed by atoms with Crippen LogP contribution in [-0.2, 0) is 6.42 Å². The Morgan fingerprint density at radius 1 is 1.64 bits per heavy atom. The lowest BCUT2D eigenvalue weighted by atomic mass is 10.1. The highest BCUT2D eigenvalue weighted by molar-refractivity contribution is 9.10. The minimum atomic E-state index is -0.920. The van der Waals surface area contributed by atoms with E-state index < -0.39 is 16.4 Å². The van der Waals surface area contributed by atoms with Crippen molar-refractivity contribution in [1.82, 2.24) is 0 Å². The number of benzene rings is 1. The highest BCUT2D eigenvalue weighted by Crippen LogP contribution is 2.26. The first kappa shape index (κ1) is 10.6. The van der Waals surface area contributed by atoms with Crippen molar-refractivity contribution in [3.8, 4) is 6.07 Å². The number of hydrogen-bond donors (Lipinski definition) is 0. The lowest BCUT2D eigenvalue weighted by Gasteiger charge is -1.99. The van der Waals surface area contributed by atoms with Crippen molar-refractivity contribution in [2.75, 3.05) is 0 Å². The van der Waals surface area contributed by atoms with Gasteiger partial charge in [-0.05, 0) is 27.6 Å². The second-order valence-electron chi connectivity index (χ2n) is 2.50. The summed E-state index contributed by atoms with van der Waals surface area (Å²) in [5.41, 5.74) is -0.211. The minimum absolute atomic E-state index is 0.00282. The summed E-state index contributed by atoms with van der Waals surface area (Å²) in [5.74, 6) is -0.920. The average Bonchev–Trinajstić information content (AvgIpc) is 2.11. The highest BCUT2D eigenvalue weighted by atomic mass is 79.9. The van der Waals surface area contributed by atoms with Gasteiger partial charge in [-0.15, -0.1) is 0 Å². The van der Waals surface area contributed by atoms with Crippen LogP contribution in [0.5, 0.6) is 0 Å². The molecule has 1 aromatic carbocycles. The molecule has 0 spiro atoms. The molecule has 0 saturated carbocycles. The van der Waals surface area contributed by atoms with Crippen LogP contribution in [0.3, 0.4) is 0 Å². The molecule has 0 amide bonds. The number of nitrogens with zero attached hydrogens (tertiary/aromatic N) is 2. The van der Waals surface area contributed by atoms with Gasteiger partial charge in [-0.3, -0.25) is 10.1 Å². The number of hydrogen-bond acceptors (Lipinski definition) is 3. The fourth-order valence-corrected chi connectivity index (χ4v) is 1.45. The monoisotopic (exact) mass is 258 g/mol. The van der Waals surface area contributed by atoms with Crippen molar-refractivity contribution in [2.45, 2.75) is 6.42 Å². The van der Waals surface area contributed by atoms with E-state index in [-0.39, 0.29) is 10.9 Å². The Morgan fingerprint density at radius 3 is 2.79 bits per heavy atom. The molecule has 0 saturated heterocycles.